The van der Waals surface area contributed by atoms with Crippen molar-refractivity contribution < 1.29 is 4.74 Å². The lowest BCUT2D eigenvalue weighted by Crippen LogP contribution is -2.10. The van der Waals surface area contributed by atoms with Crippen molar-refractivity contribution in [2.24, 2.45) is 0 Å². The van der Waals surface area contributed by atoms with E-state index in [-0.39, 0.29) is 0 Å². The summed E-state index contributed by atoms with van der Waals surface area (Å²) in [5.41, 5.74) is 17.1. The lowest BCUT2D eigenvalue weighted by molar-refractivity contribution is 0.488. The highest BCUT2D eigenvalue weighted by Crippen LogP contribution is 2.48. The number of para-hydroxylation sites is 6. The molecule has 4 heteroatoms. The molecule has 12 aromatic rings. The average molecular weight is 818 g/mol. The van der Waals surface area contributed by atoms with Gasteiger partial charge in [0, 0.05) is 61.1 Å². The molecule has 0 saturated heterocycles. The van der Waals surface area contributed by atoms with Gasteiger partial charge in [-0.3, -0.25) is 0 Å². The Bertz CT molecular complexity index is 3590. The van der Waals surface area contributed by atoms with E-state index in [1.807, 2.05) is 12.1 Å². The third-order valence-corrected chi connectivity index (χ3v) is 12.9. The van der Waals surface area contributed by atoms with Crippen molar-refractivity contribution in [2.45, 2.75) is 0 Å². The molecule has 0 aliphatic carbocycles. The first-order valence-electron chi connectivity index (χ1n) is 21.8. The van der Waals surface area contributed by atoms with Crippen LogP contribution in [-0.4, -0.2) is 9.13 Å². The summed E-state index contributed by atoms with van der Waals surface area (Å²) in [5.74, 6) is 1.74. The molecule has 13 rings (SSSR count). The summed E-state index contributed by atoms with van der Waals surface area (Å²) in [7, 11) is 0. The lowest BCUT2D eigenvalue weighted by Gasteiger charge is -2.26. The highest BCUT2D eigenvalue weighted by molar-refractivity contribution is 6.12. The summed E-state index contributed by atoms with van der Waals surface area (Å²) in [5, 5.41) is 4.85. The Labute approximate surface area is 370 Å². The lowest BCUT2D eigenvalue weighted by atomic mass is 9.91. The van der Waals surface area contributed by atoms with Gasteiger partial charge in [0.25, 0.3) is 0 Å². The molecule has 0 atom stereocenters. The van der Waals surface area contributed by atoms with Crippen molar-refractivity contribution in [1.29, 1.82) is 0 Å². The standard InChI is InChI=1S/C60H39N3O/c1-3-15-42(16-4-1)62-55-23-11-7-19-48(55)53-38-45(32-35-57(53)62)61(46-33-36-58-54(39-46)49-20-8-12-24-56(49)63(58)43-17-5-2-6-18-43)44-30-27-40(28-31-44)41-29-34-47-50-21-9-13-25-59(50)64-60-26-14-10-22-51(60)52(47)37-41/h1-39H. The van der Waals surface area contributed by atoms with E-state index in [2.05, 4.69) is 238 Å². The van der Waals surface area contributed by atoms with E-state index < -0.39 is 0 Å². The van der Waals surface area contributed by atoms with Crippen LogP contribution in [0.1, 0.15) is 0 Å². The zero-order chi connectivity index (χ0) is 42.1. The molecule has 2 aromatic heterocycles. The van der Waals surface area contributed by atoms with Gasteiger partial charge < -0.3 is 18.8 Å². The van der Waals surface area contributed by atoms with Gasteiger partial charge in [-0.1, -0.05) is 133 Å². The Morgan fingerprint density at radius 2 is 0.719 bits per heavy atom. The van der Waals surface area contributed by atoms with E-state index in [0.717, 1.165) is 67.8 Å². The molecular formula is C60H39N3O. The Hall–Kier alpha value is -8.60. The van der Waals surface area contributed by atoms with Crippen LogP contribution in [-0.2, 0) is 0 Å². The minimum absolute atomic E-state index is 0.865. The van der Waals surface area contributed by atoms with Crippen molar-refractivity contribution in [3.05, 3.63) is 237 Å². The van der Waals surface area contributed by atoms with Gasteiger partial charge in [-0.15, -0.1) is 0 Å². The molecule has 10 aromatic carbocycles. The van der Waals surface area contributed by atoms with Gasteiger partial charge in [0.1, 0.15) is 11.5 Å². The van der Waals surface area contributed by atoms with Crippen LogP contribution in [0.15, 0.2) is 237 Å². The number of hydrogen-bond acceptors (Lipinski definition) is 2. The van der Waals surface area contributed by atoms with Gasteiger partial charge in [-0.25, -0.2) is 0 Å². The van der Waals surface area contributed by atoms with Crippen LogP contribution < -0.4 is 9.64 Å². The van der Waals surface area contributed by atoms with Crippen LogP contribution in [0.5, 0.6) is 11.5 Å². The van der Waals surface area contributed by atoms with E-state index in [4.69, 9.17) is 4.74 Å². The summed E-state index contributed by atoms with van der Waals surface area (Å²) >= 11 is 0. The normalized spacial score (nSPS) is 11.9. The van der Waals surface area contributed by atoms with Crippen LogP contribution in [0.3, 0.4) is 0 Å². The van der Waals surface area contributed by atoms with Gasteiger partial charge in [0.05, 0.1) is 22.1 Å². The predicted molar refractivity (Wildman–Crippen MR) is 266 cm³/mol. The molecule has 1 aliphatic rings. The van der Waals surface area contributed by atoms with E-state index in [0.29, 0.717) is 0 Å². The van der Waals surface area contributed by atoms with Crippen LogP contribution >= 0.6 is 0 Å². The van der Waals surface area contributed by atoms with Gasteiger partial charge in [-0.2, -0.15) is 0 Å². The van der Waals surface area contributed by atoms with Crippen molar-refractivity contribution >= 4 is 60.7 Å². The molecular weight excluding hydrogens is 779 g/mol. The molecule has 300 valence electrons. The number of fused-ring (bicyclic) bond motifs is 11. The molecule has 0 unspecified atom stereocenters. The first-order valence-corrected chi connectivity index (χ1v) is 21.8. The monoisotopic (exact) mass is 817 g/mol. The maximum atomic E-state index is 6.50. The Kier molecular flexibility index (Phi) is 8.18. The van der Waals surface area contributed by atoms with E-state index >= 15 is 0 Å². The summed E-state index contributed by atoms with van der Waals surface area (Å²) in [6.07, 6.45) is 0. The van der Waals surface area contributed by atoms with E-state index in [1.165, 1.54) is 49.2 Å². The minimum Gasteiger partial charge on any atom is -0.456 e. The fraction of sp³-hybridized carbons (Fsp3) is 0. The molecule has 0 spiro atoms. The molecule has 0 N–H and O–H groups in total. The SMILES string of the molecule is c1ccc(-n2c3ccccc3c3cc(N(c4ccc(-c5ccc6c(c5)-c5ccccc5Oc5ccccc5-6)cc4)c4ccc5c(c4)c4ccccc4n5-c4ccccc4)ccc32)cc1. The Morgan fingerprint density at radius 1 is 0.281 bits per heavy atom. The summed E-state index contributed by atoms with van der Waals surface area (Å²) < 4.78 is 11.3. The molecule has 0 radical (unpaired) electrons. The number of ether oxygens (including phenoxy) is 1. The van der Waals surface area contributed by atoms with Crippen LogP contribution in [0.4, 0.5) is 17.1 Å². The third-order valence-electron chi connectivity index (χ3n) is 12.9. The number of aromatic nitrogens is 2. The smallest absolute Gasteiger partial charge is 0.135 e. The topological polar surface area (TPSA) is 22.3 Å². The largest absolute Gasteiger partial charge is 0.456 e. The van der Waals surface area contributed by atoms with Crippen LogP contribution in [0.2, 0.25) is 0 Å². The van der Waals surface area contributed by atoms with Gasteiger partial charge in [-0.05, 0) is 125 Å². The second-order valence-corrected chi connectivity index (χ2v) is 16.5. The predicted octanol–water partition coefficient (Wildman–Crippen LogP) is 16.5. The number of anilines is 3. The first kappa shape index (κ1) is 36.1. The first-order chi connectivity index (χ1) is 31.7. The molecule has 0 saturated carbocycles. The zero-order valence-electron chi connectivity index (χ0n) is 34.8. The summed E-state index contributed by atoms with van der Waals surface area (Å²) in [4.78, 5) is 2.41. The molecule has 64 heavy (non-hydrogen) atoms. The van der Waals surface area contributed by atoms with Gasteiger partial charge in [0.2, 0.25) is 0 Å². The molecule has 3 heterocycles. The highest BCUT2D eigenvalue weighted by Gasteiger charge is 2.23. The number of nitrogens with zero attached hydrogens (tertiary/aromatic N) is 3. The molecule has 1 aliphatic heterocycles. The molecule has 0 fully saturated rings. The highest BCUT2D eigenvalue weighted by atomic mass is 16.5. The fourth-order valence-corrected chi connectivity index (χ4v) is 10.0. The van der Waals surface area contributed by atoms with Crippen molar-refractivity contribution in [2.75, 3.05) is 4.90 Å². The summed E-state index contributed by atoms with van der Waals surface area (Å²) in [6.45, 7) is 0. The fourth-order valence-electron chi connectivity index (χ4n) is 10.0. The Balaban J connectivity index is 0.987. The minimum atomic E-state index is 0.865. The van der Waals surface area contributed by atoms with Gasteiger partial charge in [0.15, 0.2) is 0 Å². The number of benzene rings is 10. The summed E-state index contributed by atoms with van der Waals surface area (Å²) in [6, 6.07) is 85.2. The van der Waals surface area contributed by atoms with Crippen molar-refractivity contribution in [3.63, 3.8) is 0 Å². The number of hydrogen-bond donors (Lipinski definition) is 0. The molecule has 0 amide bonds. The zero-order valence-corrected chi connectivity index (χ0v) is 34.8. The Morgan fingerprint density at radius 3 is 1.28 bits per heavy atom. The average Bonchev–Trinajstić information content (AvgIpc) is 3.82. The number of rotatable bonds is 6. The third kappa shape index (κ3) is 5.70. The van der Waals surface area contributed by atoms with E-state index in [9.17, 15) is 0 Å². The van der Waals surface area contributed by atoms with Crippen molar-refractivity contribution in [3.8, 4) is 56.3 Å². The van der Waals surface area contributed by atoms with E-state index in [1.54, 1.807) is 0 Å². The van der Waals surface area contributed by atoms with Gasteiger partial charge >= 0.3 is 0 Å². The molecule has 0 bridgehead atoms. The quantitative estimate of drug-likeness (QED) is 0.167. The van der Waals surface area contributed by atoms with Crippen LogP contribution in [0.25, 0.3) is 88.4 Å². The maximum absolute atomic E-state index is 6.50. The van der Waals surface area contributed by atoms with Crippen molar-refractivity contribution in [1.82, 2.24) is 9.13 Å². The molecule has 4 nitrogen and oxygen atoms in total. The second-order valence-electron chi connectivity index (χ2n) is 16.5. The second kappa shape index (κ2) is 14.5. The maximum Gasteiger partial charge on any atom is 0.135 e. The van der Waals surface area contributed by atoms with Crippen LogP contribution in [0, 0.1) is 0 Å².